The van der Waals surface area contributed by atoms with Gasteiger partial charge in [0.1, 0.15) is 11.9 Å². The van der Waals surface area contributed by atoms with Crippen LogP contribution in [-0.2, 0) is 9.53 Å². The van der Waals surface area contributed by atoms with E-state index in [1.807, 2.05) is 6.07 Å². The molecule has 0 unspecified atom stereocenters. The fraction of sp³-hybridized carbons (Fsp3) is 0.438. The molecule has 1 aromatic rings. The van der Waals surface area contributed by atoms with Crippen LogP contribution in [0.4, 0.5) is 4.39 Å². The Hall–Kier alpha value is -1.16. The van der Waals surface area contributed by atoms with Gasteiger partial charge in [-0.05, 0) is 72.2 Å². The van der Waals surface area contributed by atoms with Crippen LogP contribution in [0, 0.1) is 5.82 Å². The third kappa shape index (κ3) is 3.92. The average Bonchev–Trinajstić information content (AvgIpc) is 2.43. The second-order valence-corrected chi connectivity index (χ2v) is 5.94. The van der Waals surface area contributed by atoms with E-state index in [2.05, 4.69) is 15.9 Å². The van der Waals surface area contributed by atoms with E-state index in [0.717, 1.165) is 31.2 Å². The maximum absolute atomic E-state index is 13.5. The topological polar surface area (TPSA) is 26.3 Å². The summed E-state index contributed by atoms with van der Waals surface area (Å²) in [7, 11) is 0. The molecule has 0 heterocycles. The van der Waals surface area contributed by atoms with Gasteiger partial charge in [-0.25, -0.2) is 9.18 Å². The second kappa shape index (κ2) is 7.02. The molecule has 0 atom stereocenters. The summed E-state index contributed by atoms with van der Waals surface area (Å²) in [4.78, 5) is 11.4. The van der Waals surface area contributed by atoms with Crippen molar-refractivity contribution in [1.82, 2.24) is 0 Å². The van der Waals surface area contributed by atoms with E-state index in [1.54, 1.807) is 25.1 Å². The van der Waals surface area contributed by atoms with Gasteiger partial charge >= 0.3 is 5.97 Å². The highest BCUT2D eigenvalue weighted by molar-refractivity contribution is 9.10. The fourth-order valence-electron chi connectivity index (χ4n) is 2.62. The molecular weight excluding hydrogens is 323 g/mol. The van der Waals surface area contributed by atoms with Crippen molar-refractivity contribution >= 4 is 21.9 Å². The van der Waals surface area contributed by atoms with Crippen LogP contribution in [-0.4, -0.2) is 12.1 Å². The van der Waals surface area contributed by atoms with Gasteiger partial charge in [0.15, 0.2) is 0 Å². The molecule has 0 aromatic heterocycles. The van der Waals surface area contributed by atoms with E-state index in [4.69, 9.17) is 4.74 Å². The Labute approximate surface area is 127 Å². The van der Waals surface area contributed by atoms with Gasteiger partial charge in [-0.2, -0.15) is 0 Å². The number of benzene rings is 1. The minimum atomic E-state index is -0.273. The normalized spacial score (nSPS) is 22.9. The van der Waals surface area contributed by atoms with Gasteiger partial charge in [-0.15, -0.1) is 0 Å². The number of hydrogen-bond donors (Lipinski definition) is 0. The number of hydrogen-bond acceptors (Lipinski definition) is 2. The first-order chi connectivity index (χ1) is 9.60. The van der Waals surface area contributed by atoms with Crippen molar-refractivity contribution in [2.45, 2.75) is 44.6 Å². The minimum Gasteiger partial charge on any atom is -0.459 e. The van der Waals surface area contributed by atoms with Crippen molar-refractivity contribution in [2.75, 3.05) is 0 Å². The molecule has 2 rings (SSSR count). The van der Waals surface area contributed by atoms with Crippen molar-refractivity contribution in [3.63, 3.8) is 0 Å². The monoisotopic (exact) mass is 340 g/mol. The summed E-state index contributed by atoms with van der Waals surface area (Å²) in [5.41, 5.74) is 1.03. The van der Waals surface area contributed by atoms with E-state index in [-0.39, 0.29) is 17.9 Å². The molecule has 0 amide bonds. The highest BCUT2D eigenvalue weighted by Crippen LogP contribution is 2.35. The Morgan fingerprint density at radius 1 is 1.35 bits per heavy atom. The number of carbonyl (C=O) groups is 1. The quantitative estimate of drug-likeness (QED) is 0.587. The number of rotatable bonds is 3. The SMILES string of the molecule is CC=CC(=O)OC1CCC(c2ccc(Br)c(F)c2)CC1. The van der Waals surface area contributed by atoms with Crippen LogP contribution in [0.5, 0.6) is 0 Å². The molecule has 0 aliphatic heterocycles. The standard InChI is InChI=1S/C16H18BrFO2/c1-2-3-16(19)20-13-7-4-11(5-8-13)12-6-9-14(17)15(18)10-12/h2-3,6,9-11,13H,4-5,7-8H2,1H3. The van der Waals surface area contributed by atoms with Gasteiger partial charge in [0.25, 0.3) is 0 Å². The Balaban J connectivity index is 1.90. The molecule has 2 nitrogen and oxygen atoms in total. The van der Waals surface area contributed by atoms with E-state index < -0.39 is 0 Å². The van der Waals surface area contributed by atoms with Crippen LogP contribution in [0.15, 0.2) is 34.8 Å². The average molecular weight is 341 g/mol. The fourth-order valence-corrected chi connectivity index (χ4v) is 2.87. The van der Waals surface area contributed by atoms with Crippen LogP contribution in [0.25, 0.3) is 0 Å². The molecule has 0 saturated heterocycles. The predicted octanol–water partition coefficient (Wildman–Crippen LogP) is 4.73. The number of ether oxygens (including phenoxy) is 1. The molecule has 4 heteroatoms. The van der Waals surface area contributed by atoms with Crippen molar-refractivity contribution in [3.05, 3.63) is 46.2 Å². The van der Waals surface area contributed by atoms with E-state index >= 15 is 0 Å². The number of carbonyl (C=O) groups excluding carboxylic acids is 1. The lowest BCUT2D eigenvalue weighted by atomic mass is 9.83. The molecule has 1 aliphatic rings. The summed E-state index contributed by atoms with van der Waals surface area (Å²) >= 11 is 3.17. The summed E-state index contributed by atoms with van der Waals surface area (Å²) in [6.07, 6.45) is 6.64. The number of halogens is 2. The van der Waals surface area contributed by atoms with E-state index in [9.17, 15) is 9.18 Å². The van der Waals surface area contributed by atoms with Crippen molar-refractivity contribution in [1.29, 1.82) is 0 Å². The molecule has 0 spiro atoms. The van der Waals surface area contributed by atoms with Gasteiger partial charge in [0, 0.05) is 6.08 Å². The van der Waals surface area contributed by atoms with Gasteiger partial charge in [0.2, 0.25) is 0 Å². The highest BCUT2D eigenvalue weighted by Gasteiger charge is 2.24. The minimum absolute atomic E-state index is 0.00440. The van der Waals surface area contributed by atoms with Crippen LogP contribution in [0.1, 0.15) is 44.1 Å². The zero-order valence-electron chi connectivity index (χ0n) is 11.4. The molecule has 1 fully saturated rings. The molecule has 0 bridgehead atoms. The lowest BCUT2D eigenvalue weighted by Gasteiger charge is -2.28. The first kappa shape index (κ1) is 15.2. The van der Waals surface area contributed by atoms with Crippen molar-refractivity contribution < 1.29 is 13.9 Å². The number of esters is 1. The van der Waals surface area contributed by atoms with Gasteiger partial charge < -0.3 is 4.74 Å². The molecule has 20 heavy (non-hydrogen) atoms. The Morgan fingerprint density at radius 3 is 2.65 bits per heavy atom. The van der Waals surface area contributed by atoms with Crippen LogP contribution < -0.4 is 0 Å². The zero-order chi connectivity index (χ0) is 14.5. The molecule has 1 saturated carbocycles. The van der Waals surface area contributed by atoms with Crippen LogP contribution in [0.3, 0.4) is 0 Å². The van der Waals surface area contributed by atoms with E-state index in [0.29, 0.717) is 10.4 Å². The molecule has 0 radical (unpaired) electrons. The summed E-state index contributed by atoms with van der Waals surface area (Å²) in [5.74, 6) is -0.135. The molecule has 1 aliphatic carbocycles. The lowest BCUT2D eigenvalue weighted by molar-refractivity contribution is -0.144. The predicted molar refractivity (Wildman–Crippen MR) is 80.0 cm³/mol. The molecule has 0 N–H and O–H groups in total. The third-order valence-corrected chi connectivity index (χ3v) is 4.32. The van der Waals surface area contributed by atoms with Crippen molar-refractivity contribution in [2.24, 2.45) is 0 Å². The number of allylic oxidation sites excluding steroid dienone is 1. The molecular formula is C16H18BrFO2. The molecule has 108 valence electrons. The van der Waals surface area contributed by atoms with Crippen molar-refractivity contribution in [3.8, 4) is 0 Å². The van der Waals surface area contributed by atoms with Gasteiger partial charge in [-0.3, -0.25) is 0 Å². The van der Waals surface area contributed by atoms with Gasteiger partial charge in [-0.1, -0.05) is 12.1 Å². The zero-order valence-corrected chi connectivity index (χ0v) is 13.0. The first-order valence-electron chi connectivity index (χ1n) is 6.88. The highest BCUT2D eigenvalue weighted by atomic mass is 79.9. The first-order valence-corrected chi connectivity index (χ1v) is 7.67. The summed E-state index contributed by atoms with van der Waals surface area (Å²) in [5, 5.41) is 0. The van der Waals surface area contributed by atoms with E-state index in [1.165, 1.54) is 6.08 Å². The summed E-state index contributed by atoms with van der Waals surface area (Å²) in [6.45, 7) is 1.79. The summed E-state index contributed by atoms with van der Waals surface area (Å²) in [6, 6.07) is 5.31. The Bertz CT molecular complexity index is 505. The van der Waals surface area contributed by atoms with Gasteiger partial charge in [0.05, 0.1) is 4.47 Å². The lowest BCUT2D eigenvalue weighted by Crippen LogP contribution is -2.23. The second-order valence-electron chi connectivity index (χ2n) is 5.08. The summed E-state index contributed by atoms with van der Waals surface area (Å²) < 4.78 is 19.4. The maximum Gasteiger partial charge on any atom is 0.330 e. The molecule has 1 aromatic carbocycles. The van der Waals surface area contributed by atoms with Crippen LogP contribution >= 0.6 is 15.9 Å². The smallest absolute Gasteiger partial charge is 0.330 e. The Morgan fingerprint density at radius 2 is 2.05 bits per heavy atom. The van der Waals surface area contributed by atoms with Crippen LogP contribution in [0.2, 0.25) is 0 Å². The maximum atomic E-state index is 13.5. The Kier molecular flexibility index (Phi) is 5.35. The largest absolute Gasteiger partial charge is 0.459 e. The third-order valence-electron chi connectivity index (χ3n) is 3.67.